The summed E-state index contributed by atoms with van der Waals surface area (Å²) in [5, 5.41) is 10.5. The van der Waals surface area contributed by atoms with E-state index in [9.17, 15) is 13.2 Å². The Morgan fingerprint density at radius 3 is 2.55 bits per heavy atom. The Labute approximate surface area is 194 Å². The minimum atomic E-state index is -3.60. The molecular formula is C24H28N4O4S. The topological polar surface area (TPSA) is 105 Å². The van der Waals surface area contributed by atoms with Gasteiger partial charge in [-0.25, -0.2) is 8.42 Å². The van der Waals surface area contributed by atoms with Crippen LogP contribution >= 0.6 is 0 Å². The molecule has 4 rings (SSSR count). The summed E-state index contributed by atoms with van der Waals surface area (Å²) in [6, 6.07) is 11.7. The molecular weight excluding hydrogens is 440 g/mol. The molecule has 9 heteroatoms. The minimum absolute atomic E-state index is 0.0239. The fourth-order valence-corrected chi connectivity index (χ4v) is 5.81. The van der Waals surface area contributed by atoms with E-state index in [0.29, 0.717) is 18.0 Å². The van der Waals surface area contributed by atoms with Crippen LogP contribution in [-0.4, -0.2) is 41.4 Å². The molecule has 1 aliphatic rings. The van der Waals surface area contributed by atoms with Gasteiger partial charge in [0.1, 0.15) is 0 Å². The molecule has 2 heterocycles. The summed E-state index contributed by atoms with van der Waals surface area (Å²) in [6.07, 6.45) is 3.58. The molecule has 1 saturated heterocycles. The van der Waals surface area contributed by atoms with Crippen molar-refractivity contribution in [3.8, 4) is 11.5 Å². The highest BCUT2D eigenvalue weighted by molar-refractivity contribution is 7.89. The Morgan fingerprint density at radius 1 is 1.09 bits per heavy atom. The lowest BCUT2D eigenvalue weighted by Gasteiger charge is -2.34. The summed E-state index contributed by atoms with van der Waals surface area (Å²) < 4.78 is 33.4. The smallest absolute Gasteiger partial charge is 0.322 e. The number of amides is 1. The molecule has 8 nitrogen and oxygen atoms in total. The Bertz CT molecular complexity index is 1250. The van der Waals surface area contributed by atoms with Crippen molar-refractivity contribution in [2.45, 2.75) is 57.4 Å². The van der Waals surface area contributed by atoms with Gasteiger partial charge in [0.15, 0.2) is 0 Å². The fraction of sp³-hybridized carbons (Fsp3) is 0.375. The van der Waals surface area contributed by atoms with Crippen LogP contribution in [0.4, 0.5) is 6.01 Å². The van der Waals surface area contributed by atoms with Crippen molar-refractivity contribution < 1.29 is 17.6 Å². The predicted octanol–water partition coefficient (Wildman–Crippen LogP) is 4.56. The zero-order valence-electron chi connectivity index (χ0n) is 19.0. The number of piperidine rings is 1. The van der Waals surface area contributed by atoms with Crippen LogP contribution in [0.3, 0.4) is 0 Å². The van der Waals surface area contributed by atoms with Crippen molar-refractivity contribution in [2.75, 3.05) is 11.9 Å². The zero-order valence-corrected chi connectivity index (χ0v) is 19.9. The lowest BCUT2D eigenvalue weighted by atomic mass is 10.0. The first kappa shape index (κ1) is 23.1. The van der Waals surface area contributed by atoms with E-state index in [1.54, 1.807) is 4.31 Å². The van der Waals surface area contributed by atoms with Crippen LogP contribution in [0.25, 0.3) is 11.5 Å². The highest BCUT2D eigenvalue weighted by Gasteiger charge is 2.32. The van der Waals surface area contributed by atoms with Gasteiger partial charge in [-0.2, -0.15) is 4.31 Å². The van der Waals surface area contributed by atoms with Crippen molar-refractivity contribution in [2.24, 2.45) is 0 Å². The second kappa shape index (κ2) is 9.44. The number of carbonyl (C=O) groups excluding carboxylic acids is 1. The summed E-state index contributed by atoms with van der Waals surface area (Å²) in [6.45, 7) is 6.55. The van der Waals surface area contributed by atoms with Gasteiger partial charge in [-0.3, -0.25) is 10.1 Å². The van der Waals surface area contributed by atoms with Gasteiger partial charge < -0.3 is 4.42 Å². The summed E-state index contributed by atoms with van der Waals surface area (Å²) >= 11 is 0. The summed E-state index contributed by atoms with van der Waals surface area (Å²) in [5.41, 5.74) is 3.32. The molecule has 1 aliphatic heterocycles. The van der Waals surface area contributed by atoms with Crippen LogP contribution in [0.1, 0.15) is 54.1 Å². The lowest BCUT2D eigenvalue weighted by Crippen LogP contribution is -2.43. The minimum Gasteiger partial charge on any atom is -0.403 e. The zero-order chi connectivity index (χ0) is 23.6. The van der Waals surface area contributed by atoms with E-state index in [-0.39, 0.29) is 17.0 Å². The third kappa shape index (κ3) is 4.84. The lowest BCUT2D eigenvalue weighted by molar-refractivity contribution is 0.102. The van der Waals surface area contributed by atoms with Crippen molar-refractivity contribution in [3.05, 3.63) is 59.2 Å². The molecule has 1 amide bonds. The molecule has 3 aromatic rings. The first-order chi connectivity index (χ1) is 15.8. The maximum Gasteiger partial charge on any atom is 0.322 e. The molecule has 1 N–H and O–H groups in total. The van der Waals surface area contributed by atoms with Gasteiger partial charge in [0.05, 0.1) is 4.90 Å². The maximum absolute atomic E-state index is 13.1. The van der Waals surface area contributed by atoms with Crippen molar-refractivity contribution in [1.82, 2.24) is 14.5 Å². The molecule has 2 aromatic carbocycles. The van der Waals surface area contributed by atoms with E-state index >= 15 is 0 Å². The SMILES string of the molecule is CCC1CCCCN1S(=O)(=O)c1ccc(C(=O)Nc2nnc(-c3ccc(C)c(C)c3)o2)cc1. The van der Waals surface area contributed by atoms with E-state index in [1.807, 2.05) is 39.0 Å². The molecule has 1 aromatic heterocycles. The molecule has 1 atom stereocenters. The Kier molecular flexibility index (Phi) is 6.62. The van der Waals surface area contributed by atoms with Crippen LogP contribution in [0.15, 0.2) is 51.8 Å². The van der Waals surface area contributed by atoms with Gasteiger partial charge in [0.2, 0.25) is 15.9 Å². The highest BCUT2D eigenvalue weighted by Crippen LogP contribution is 2.27. The summed E-state index contributed by atoms with van der Waals surface area (Å²) in [4.78, 5) is 12.8. The second-order valence-electron chi connectivity index (χ2n) is 8.36. The van der Waals surface area contributed by atoms with Gasteiger partial charge in [-0.15, -0.1) is 5.10 Å². The number of anilines is 1. The molecule has 1 fully saturated rings. The third-order valence-corrected chi connectivity index (χ3v) is 8.13. The van der Waals surface area contributed by atoms with E-state index in [1.165, 1.54) is 24.3 Å². The summed E-state index contributed by atoms with van der Waals surface area (Å²) in [7, 11) is -3.60. The van der Waals surface area contributed by atoms with E-state index in [2.05, 4.69) is 15.5 Å². The van der Waals surface area contributed by atoms with Gasteiger partial charge in [-0.05, 0) is 80.6 Å². The molecule has 0 radical (unpaired) electrons. The molecule has 0 bridgehead atoms. The molecule has 174 valence electrons. The molecule has 0 aliphatic carbocycles. The van der Waals surface area contributed by atoms with Crippen LogP contribution in [0, 0.1) is 13.8 Å². The standard InChI is InChI=1S/C24H28N4O4S/c1-4-20-7-5-6-14-28(20)33(30,31)21-12-10-18(11-13-21)22(29)25-24-27-26-23(32-24)19-9-8-16(2)17(3)15-19/h8-13,15,20H,4-7,14H2,1-3H3,(H,25,27,29). The van der Waals surface area contributed by atoms with Crippen molar-refractivity contribution in [3.63, 3.8) is 0 Å². The first-order valence-electron chi connectivity index (χ1n) is 11.1. The molecule has 1 unspecified atom stereocenters. The van der Waals surface area contributed by atoms with Crippen molar-refractivity contribution in [1.29, 1.82) is 0 Å². The van der Waals surface area contributed by atoms with Crippen LogP contribution in [-0.2, 0) is 10.0 Å². The number of aromatic nitrogens is 2. The Morgan fingerprint density at radius 2 is 1.85 bits per heavy atom. The average Bonchev–Trinajstić information content (AvgIpc) is 3.29. The molecule has 33 heavy (non-hydrogen) atoms. The van der Waals surface area contributed by atoms with Crippen LogP contribution < -0.4 is 5.32 Å². The normalized spacial score (nSPS) is 17.1. The first-order valence-corrected chi connectivity index (χ1v) is 12.6. The number of nitrogens with zero attached hydrogens (tertiary/aromatic N) is 3. The Balaban J connectivity index is 1.47. The van der Waals surface area contributed by atoms with E-state index < -0.39 is 15.9 Å². The van der Waals surface area contributed by atoms with Gasteiger partial charge >= 0.3 is 6.01 Å². The van der Waals surface area contributed by atoms with Gasteiger partial charge in [0, 0.05) is 23.7 Å². The largest absolute Gasteiger partial charge is 0.403 e. The Hall–Kier alpha value is -3.04. The van der Waals surface area contributed by atoms with Crippen LogP contribution in [0.5, 0.6) is 0 Å². The fourth-order valence-electron chi connectivity index (χ4n) is 4.05. The second-order valence-corrected chi connectivity index (χ2v) is 10.3. The number of aryl methyl sites for hydroxylation is 2. The quantitative estimate of drug-likeness (QED) is 0.569. The number of rotatable bonds is 6. The van der Waals surface area contributed by atoms with Crippen molar-refractivity contribution >= 4 is 21.9 Å². The molecule has 0 spiro atoms. The van der Waals surface area contributed by atoms with Gasteiger partial charge in [-0.1, -0.05) is 24.5 Å². The molecule has 0 saturated carbocycles. The van der Waals surface area contributed by atoms with Gasteiger partial charge in [0.25, 0.3) is 5.91 Å². The highest BCUT2D eigenvalue weighted by atomic mass is 32.2. The average molecular weight is 469 g/mol. The number of nitrogens with one attached hydrogen (secondary N) is 1. The van der Waals surface area contributed by atoms with E-state index in [0.717, 1.165) is 42.4 Å². The monoisotopic (exact) mass is 468 g/mol. The maximum atomic E-state index is 13.1. The van der Waals surface area contributed by atoms with Crippen LogP contribution in [0.2, 0.25) is 0 Å². The number of hydrogen-bond donors (Lipinski definition) is 1. The third-order valence-electron chi connectivity index (χ3n) is 6.17. The number of sulfonamides is 1. The van der Waals surface area contributed by atoms with E-state index in [4.69, 9.17) is 4.42 Å². The number of hydrogen-bond acceptors (Lipinski definition) is 6. The predicted molar refractivity (Wildman–Crippen MR) is 125 cm³/mol. The number of carbonyl (C=O) groups is 1. The number of benzene rings is 2. The summed E-state index contributed by atoms with van der Waals surface area (Å²) in [5.74, 6) is -0.152.